The molecule has 1 aliphatic rings. The van der Waals surface area contributed by atoms with Crippen LogP contribution in [0.3, 0.4) is 0 Å². The highest BCUT2D eigenvalue weighted by Gasteiger charge is 2.24. The predicted octanol–water partition coefficient (Wildman–Crippen LogP) is 1.69. The van der Waals surface area contributed by atoms with Gasteiger partial charge in [0.15, 0.2) is 0 Å². The van der Waals surface area contributed by atoms with E-state index in [1.54, 1.807) is 0 Å². The van der Waals surface area contributed by atoms with Crippen LogP contribution in [0.4, 0.5) is 0 Å². The van der Waals surface area contributed by atoms with Crippen LogP contribution >= 0.6 is 0 Å². The molecule has 1 aromatic rings. The summed E-state index contributed by atoms with van der Waals surface area (Å²) in [5.41, 5.74) is 0. The van der Waals surface area contributed by atoms with Gasteiger partial charge in [-0.1, -0.05) is 18.2 Å². The Bertz CT molecular complexity index is 394. The molecule has 1 aromatic carbocycles. The number of aliphatic hydroxyl groups is 1. The summed E-state index contributed by atoms with van der Waals surface area (Å²) >= 11 is 0. The van der Waals surface area contributed by atoms with E-state index in [9.17, 15) is 4.79 Å². The molecule has 0 radical (unpaired) electrons. The first-order valence-electron chi connectivity index (χ1n) is 6.86. The third-order valence-electron chi connectivity index (χ3n) is 3.44. The van der Waals surface area contributed by atoms with Crippen LogP contribution in [-0.4, -0.2) is 42.2 Å². The van der Waals surface area contributed by atoms with E-state index in [0.717, 1.165) is 25.1 Å². The summed E-state index contributed by atoms with van der Waals surface area (Å²) in [7, 11) is 0. The minimum absolute atomic E-state index is 0.174. The Balaban J connectivity index is 1.62. The number of aliphatic hydroxyl groups excluding tert-OH is 1. The zero-order valence-electron chi connectivity index (χ0n) is 11.1. The molecule has 4 heteroatoms. The second-order valence-corrected chi connectivity index (χ2v) is 4.94. The number of hydrogen-bond acceptors (Lipinski definition) is 3. The highest BCUT2D eigenvalue weighted by atomic mass is 16.5. The van der Waals surface area contributed by atoms with Gasteiger partial charge in [0.25, 0.3) is 0 Å². The van der Waals surface area contributed by atoms with Crippen LogP contribution in [0.25, 0.3) is 0 Å². The highest BCUT2D eigenvalue weighted by molar-refractivity contribution is 5.76. The molecule has 2 rings (SSSR count). The maximum Gasteiger partial charge on any atom is 0.222 e. The summed E-state index contributed by atoms with van der Waals surface area (Å²) in [6.45, 7) is 2.23. The van der Waals surface area contributed by atoms with Crippen molar-refractivity contribution in [2.75, 3.05) is 26.3 Å². The predicted molar refractivity (Wildman–Crippen MR) is 72.9 cm³/mol. The van der Waals surface area contributed by atoms with Gasteiger partial charge in [-0.2, -0.15) is 0 Å². The Morgan fingerprint density at radius 1 is 1.37 bits per heavy atom. The van der Waals surface area contributed by atoms with E-state index in [-0.39, 0.29) is 18.4 Å². The molecule has 19 heavy (non-hydrogen) atoms. The summed E-state index contributed by atoms with van der Waals surface area (Å²) in [6.07, 6.45) is 2.17. The van der Waals surface area contributed by atoms with Crippen molar-refractivity contribution in [1.29, 1.82) is 0 Å². The first-order chi connectivity index (χ1) is 9.29. The molecule has 0 aliphatic carbocycles. The van der Waals surface area contributed by atoms with Crippen LogP contribution in [0.1, 0.15) is 19.3 Å². The standard InChI is InChI=1S/C15H21NO3/c17-12-13-8-9-16(11-13)15(18)7-4-10-19-14-5-2-1-3-6-14/h1-3,5-6,13,17H,4,7-12H2. The molecule has 104 valence electrons. The van der Waals surface area contributed by atoms with Crippen LogP contribution < -0.4 is 4.74 Å². The number of rotatable bonds is 6. The average Bonchev–Trinajstić information content (AvgIpc) is 2.93. The molecule has 1 fully saturated rings. The second-order valence-electron chi connectivity index (χ2n) is 4.94. The van der Waals surface area contributed by atoms with Crippen LogP contribution in [0.5, 0.6) is 5.75 Å². The monoisotopic (exact) mass is 263 g/mol. The Morgan fingerprint density at radius 3 is 2.84 bits per heavy atom. The second kappa shape index (κ2) is 7.14. The minimum Gasteiger partial charge on any atom is -0.494 e. The maximum absolute atomic E-state index is 11.9. The van der Waals surface area contributed by atoms with Crippen molar-refractivity contribution in [1.82, 2.24) is 4.90 Å². The molecule has 0 spiro atoms. The summed E-state index contributed by atoms with van der Waals surface area (Å²) in [5, 5.41) is 9.05. The Morgan fingerprint density at radius 2 is 2.16 bits per heavy atom. The molecular weight excluding hydrogens is 242 g/mol. The van der Waals surface area contributed by atoms with E-state index in [1.807, 2.05) is 35.2 Å². The van der Waals surface area contributed by atoms with Gasteiger partial charge in [-0.25, -0.2) is 0 Å². The number of ether oxygens (including phenoxy) is 1. The van der Waals surface area contributed by atoms with Gasteiger partial charge in [-0.05, 0) is 25.0 Å². The van der Waals surface area contributed by atoms with Crippen molar-refractivity contribution < 1.29 is 14.6 Å². The van der Waals surface area contributed by atoms with Gasteiger partial charge in [-0.3, -0.25) is 4.79 Å². The molecule has 1 aliphatic heterocycles. The van der Waals surface area contributed by atoms with Gasteiger partial charge in [0, 0.05) is 32.0 Å². The molecule has 0 bridgehead atoms. The number of benzene rings is 1. The number of hydrogen-bond donors (Lipinski definition) is 1. The fourth-order valence-electron chi connectivity index (χ4n) is 2.30. The van der Waals surface area contributed by atoms with Crippen molar-refractivity contribution in [3.63, 3.8) is 0 Å². The maximum atomic E-state index is 11.9. The molecule has 0 aromatic heterocycles. The van der Waals surface area contributed by atoms with Crippen molar-refractivity contribution in [3.8, 4) is 5.75 Å². The fourth-order valence-corrected chi connectivity index (χ4v) is 2.30. The summed E-state index contributed by atoms with van der Waals surface area (Å²) in [6, 6.07) is 9.63. The van der Waals surface area contributed by atoms with Crippen molar-refractivity contribution in [3.05, 3.63) is 30.3 Å². The van der Waals surface area contributed by atoms with Gasteiger partial charge in [0.1, 0.15) is 5.75 Å². The van der Waals surface area contributed by atoms with Crippen molar-refractivity contribution in [2.45, 2.75) is 19.3 Å². The third kappa shape index (κ3) is 4.24. The van der Waals surface area contributed by atoms with Crippen LogP contribution in [0.15, 0.2) is 30.3 Å². The Kier molecular flexibility index (Phi) is 5.21. The SMILES string of the molecule is O=C(CCCOc1ccccc1)N1CCC(CO)C1. The lowest BCUT2D eigenvalue weighted by atomic mass is 10.1. The van der Waals surface area contributed by atoms with E-state index in [1.165, 1.54) is 0 Å². The zero-order valence-corrected chi connectivity index (χ0v) is 11.1. The van der Waals surface area contributed by atoms with Gasteiger partial charge in [0.2, 0.25) is 5.91 Å². The zero-order chi connectivity index (χ0) is 13.5. The van der Waals surface area contributed by atoms with E-state index in [2.05, 4.69) is 0 Å². The molecule has 1 N–H and O–H groups in total. The van der Waals surface area contributed by atoms with E-state index >= 15 is 0 Å². The van der Waals surface area contributed by atoms with Gasteiger partial charge in [0.05, 0.1) is 6.61 Å². The summed E-state index contributed by atoms with van der Waals surface area (Å²) in [5.74, 6) is 1.29. The van der Waals surface area contributed by atoms with Gasteiger partial charge in [-0.15, -0.1) is 0 Å². The molecule has 0 saturated carbocycles. The lowest BCUT2D eigenvalue weighted by Crippen LogP contribution is -2.29. The topological polar surface area (TPSA) is 49.8 Å². The van der Waals surface area contributed by atoms with Crippen molar-refractivity contribution in [2.24, 2.45) is 5.92 Å². The minimum atomic E-state index is 0.174. The normalized spacial score (nSPS) is 18.6. The third-order valence-corrected chi connectivity index (χ3v) is 3.44. The van der Waals surface area contributed by atoms with Gasteiger partial charge >= 0.3 is 0 Å². The first-order valence-corrected chi connectivity index (χ1v) is 6.86. The van der Waals surface area contributed by atoms with Crippen molar-refractivity contribution >= 4 is 5.91 Å². The average molecular weight is 263 g/mol. The lowest BCUT2D eigenvalue weighted by molar-refractivity contribution is -0.130. The number of likely N-dealkylation sites (tertiary alicyclic amines) is 1. The van der Waals surface area contributed by atoms with Gasteiger partial charge < -0.3 is 14.7 Å². The highest BCUT2D eigenvalue weighted by Crippen LogP contribution is 2.16. The molecular formula is C15H21NO3. The molecule has 1 saturated heterocycles. The number of para-hydroxylation sites is 1. The van der Waals surface area contributed by atoms with Crippen LogP contribution in [-0.2, 0) is 4.79 Å². The van der Waals surface area contributed by atoms with Crippen LogP contribution in [0, 0.1) is 5.92 Å². The summed E-state index contributed by atoms with van der Waals surface area (Å²) < 4.78 is 5.55. The summed E-state index contributed by atoms with van der Waals surface area (Å²) in [4.78, 5) is 13.8. The van der Waals surface area contributed by atoms with E-state index < -0.39 is 0 Å². The van der Waals surface area contributed by atoms with E-state index in [4.69, 9.17) is 9.84 Å². The largest absolute Gasteiger partial charge is 0.494 e. The number of nitrogens with zero attached hydrogens (tertiary/aromatic N) is 1. The molecule has 1 heterocycles. The lowest BCUT2D eigenvalue weighted by Gasteiger charge is -2.16. The number of amides is 1. The molecule has 1 amide bonds. The molecule has 1 atom stereocenters. The van der Waals surface area contributed by atoms with E-state index in [0.29, 0.717) is 19.6 Å². The number of carbonyl (C=O) groups is 1. The molecule has 4 nitrogen and oxygen atoms in total. The quantitative estimate of drug-likeness (QED) is 0.795. The number of carbonyl (C=O) groups excluding carboxylic acids is 1. The Hall–Kier alpha value is -1.55. The first kappa shape index (κ1) is 13.9. The molecule has 1 unspecified atom stereocenters. The fraction of sp³-hybridized carbons (Fsp3) is 0.533. The Labute approximate surface area is 114 Å². The van der Waals surface area contributed by atoms with Crippen LogP contribution in [0.2, 0.25) is 0 Å². The smallest absolute Gasteiger partial charge is 0.222 e.